The highest BCUT2D eigenvalue weighted by molar-refractivity contribution is 5.86. The molecule has 7 nitrogen and oxygen atoms in total. The van der Waals surface area contributed by atoms with Crippen molar-refractivity contribution in [3.05, 3.63) is 42.6 Å². The van der Waals surface area contributed by atoms with Crippen LogP contribution in [-0.4, -0.2) is 53.2 Å². The minimum absolute atomic E-state index is 0.566. The van der Waals surface area contributed by atoms with E-state index in [0.717, 1.165) is 48.7 Å². The van der Waals surface area contributed by atoms with Gasteiger partial charge in [0.1, 0.15) is 18.0 Å². The number of benzene rings is 1. The largest absolute Gasteiger partial charge is 0.480 e. The SMILES string of the molecule is COc1ncnc2ccc(N3CCN(c4ccnc(C5CCC5)n4)CC3)cc12. The van der Waals surface area contributed by atoms with Gasteiger partial charge in [0.15, 0.2) is 0 Å². The molecule has 0 N–H and O–H groups in total. The van der Waals surface area contributed by atoms with Gasteiger partial charge in [-0.2, -0.15) is 0 Å². The van der Waals surface area contributed by atoms with Crippen molar-refractivity contribution < 1.29 is 4.74 Å². The lowest BCUT2D eigenvalue weighted by Crippen LogP contribution is -2.47. The van der Waals surface area contributed by atoms with Crippen molar-refractivity contribution >= 4 is 22.4 Å². The molecule has 0 spiro atoms. The van der Waals surface area contributed by atoms with Crippen molar-refractivity contribution in [1.82, 2.24) is 19.9 Å². The van der Waals surface area contributed by atoms with E-state index in [-0.39, 0.29) is 0 Å². The van der Waals surface area contributed by atoms with Crippen LogP contribution >= 0.6 is 0 Å². The van der Waals surface area contributed by atoms with Gasteiger partial charge in [0, 0.05) is 44.0 Å². The third kappa shape index (κ3) is 3.10. The average Bonchev–Trinajstić information content (AvgIpc) is 2.72. The molecule has 2 aliphatic rings. The van der Waals surface area contributed by atoms with Crippen molar-refractivity contribution in [1.29, 1.82) is 0 Å². The molecule has 0 amide bonds. The summed E-state index contributed by atoms with van der Waals surface area (Å²) in [5.41, 5.74) is 2.08. The maximum atomic E-state index is 5.40. The topological polar surface area (TPSA) is 67.3 Å². The Balaban J connectivity index is 1.31. The van der Waals surface area contributed by atoms with Crippen LogP contribution < -0.4 is 14.5 Å². The summed E-state index contributed by atoms with van der Waals surface area (Å²) < 4.78 is 5.40. The zero-order valence-electron chi connectivity index (χ0n) is 16.1. The zero-order valence-corrected chi connectivity index (χ0v) is 16.1. The van der Waals surface area contributed by atoms with E-state index in [0.29, 0.717) is 11.8 Å². The normalized spacial score (nSPS) is 17.6. The van der Waals surface area contributed by atoms with Gasteiger partial charge in [0.05, 0.1) is 18.0 Å². The standard InChI is InChI=1S/C21H24N6O/c1-28-21-17-13-16(5-6-18(17)23-14-24-21)26-9-11-27(12-10-26)19-7-8-22-20(25-19)15-3-2-4-15/h5-8,13-15H,2-4,9-12H2,1H3. The molecule has 2 fully saturated rings. The number of piperazine rings is 1. The number of anilines is 2. The van der Waals surface area contributed by atoms with Crippen molar-refractivity contribution in [3.8, 4) is 5.88 Å². The van der Waals surface area contributed by atoms with Crippen LogP contribution in [0.3, 0.4) is 0 Å². The van der Waals surface area contributed by atoms with Gasteiger partial charge in [-0.25, -0.2) is 19.9 Å². The first-order valence-corrected chi connectivity index (χ1v) is 9.93. The number of hydrogen-bond acceptors (Lipinski definition) is 7. The van der Waals surface area contributed by atoms with Gasteiger partial charge >= 0.3 is 0 Å². The number of rotatable bonds is 4. The van der Waals surface area contributed by atoms with E-state index >= 15 is 0 Å². The minimum atomic E-state index is 0.566. The molecule has 144 valence electrons. The van der Waals surface area contributed by atoms with Crippen LogP contribution in [0.2, 0.25) is 0 Å². The Morgan fingerprint density at radius 2 is 1.79 bits per heavy atom. The van der Waals surface area contributed by atoms with E-state index in [1.54, 1.807) is 13.4 Å². The molecule has 1 aromatic carbocycles. The summed E-state index contributed by atoms with van der Waals surface area (Å²) in [6.07, 6.45) is 7.22. The van der Waals surface area contributed by atoms with Gasteiger partial charge < -0.3 is 14.5 Å². The fourth-order valence-corrected chi connectivity index (χ4v) is 3.98. The van der Waals surface area contributed by atoms with Crippen LogP contribution in [0, 0.1) is 0 Å². The molecule has 28 heavy (non-hydrogen) atoms. The number of methoxy groups -OCH3 is 1. The van der Waals surface area contributed by atoms with E-state index in [1.165, 1.54) is 24.9 Å². The van der Waals surface area contributed by atoms with E-state index in [4.69, 9.17) is 9.72 Å². The van der Waals surface area contributed by atoms with Crippen LogP contribution in [0.15, 0.2) is 36.8 Å². The monoisotopic (exact) mass is 376 g/mol. The van der Waals surface area contributed by atoms with E-state index in [1.807, 2.05) is 18.3 Å². The third-order valence-electron chi connectivity index (χ3n) is 5.87. The summed E-state index contributed by atoms with van der Waals surface area (Å²) in [6.45, 7) is 3.79. The van der Waals surface area contributed by atoms with E-state index in [9.17, 15) is 0 Å². The number of ether oxygens (including phenoxy) is 1. The van der Waals surface area contributed by atoms with E-state index in [2.05, 4.69) is 36.9 Å². The Morgan fingerprint density at radius 1 is 0.964 bits per heavy atom. The van der Waals surface area contributed by atoms with Crippen LogP contribution in [0.25, 0.3) is 10.9 Å². The van der Waals surface area contributed by atoms with Gasteiger partial charge in [-0.1, -0.05) is 6.42 Å². The molecule has 1 saturated carbocycles. The molecule has 3 aromatic rings. The van der Waals surface area contributed by atoms with Crippen LogP contribution in [-0.2, 0) is 0 Å². The average molecular weight is 376 g/mol. The molecular formula is C21H24N6O. The van der Waals surface area contributed by atoms with Crippen LogP contribution in [0.1, 0.15) is 31.0 Å². The third-order valence-corrected chi connectivity index (χ3v) is 5.87. The smallest absolute Gasteiger partial charge is 0.224 e. The molecule has 3 heterocycles. The second-order valence-electron chi connectivity index (χ2n) is 7.46. The molecule has 0 radical (unpaired) electrons. The molecule has 1 aliphatic heterocycles. The number of nitrogens with zero attached hydrogens (tertiary/aromatic N) is 6. The van der Waals surface area contributed by atoms with Crippen LogP contribution in [0.4, 0.5) is 11.5 Å². The zero-order chi connectivity index (χ0) is 18.9. The quantitative estimate of drug-likeness (QED) is 0.693. The van der Waals surface area contributed by atoms with Gasteiger partial charge in [0.25, 0.3) is 0 Å². The fraction of sp³-hybridized carbons (Fsp3) is 0.429. The fourth-order valence-electron chi connectivity index (χ4n) is 3.98. The molecule has 1 saturated heterocycles. The highest BCUT2D eigenvalue weighted by atomic mass is 16.5. The van der Waals surface area contributed by atoms with Crippen molar-refractivity contribution in [2.45, 2.75) is 25.2 Å². The highest BCUT2D eigenvalue weighted by Crippen LogP contribution is 2.35. The molecular weight excluding hydrogens is 352 g/mol. The van der Waals surface area contributed by atoms with E-state index < -0.39 is 0 Å². The van der Waals surface area contributed by atoms with Crippen molar-refractivity contribution in [2.75, 3.05) is 43.1 Å². The summed E-state index contributed by atoms with van der Waals surface area (Å²) in [7, 11) is 1.65. The van der Waals surface area contributed by atoms with Crippen LogP contribution in [0.5, 0.6) is 5.88 Å². The summed E-state index contributed by atoms with van der Waals surface area (Å²) in [5, 5.41) is 0.950. The molecule has 5 rings (SSSR count). The lowest BCUT2D eigenvalue weighted by atomic mass is 9.85. The second kappa shape index (κ2) is 7.22. The molecule has 2 aromatic heterocycles. The lowest BCUT2D eigenvalue weighted by molar-refractivity contribution is 0.401. The Bertz CT molecular complexity index is 982. The lowest BCUT2D eigenvalue weighted by Gasteiger charge is -2.37. The maximum absolute atomic E-state index is 5.40. The minimum Gasteiger partial charge on any atom is -0.480 e. The predicted octanol–water partition coefficient (Wildman–Crippen LogP) is 3.02. The Kier molecular flexibility index (Phi) is 4.43. The highest BCUT2D eigenvalue weighted by Gasteiger charge is 2.24. The maximum Gasteiger partial charge on any atom is 0.224 e. The van der Waals surface area contributed by atoms with Gasteiger partial charge in [0.2, 0.25) is 5.88 Å². The second-order valence-corrected chi connectivity index (χ2v) is 7.46. The molecule has 0 atom stereocenters. The Hall–Kier alpha value is -2.96. The van der Waals surface area contributed by atoms with Gasteiger partial charge in [-0.05, 0) is 37.1 Å². The number of hydrogen-bond donors (Lipinski definition) is 0. The Labute approximate surface area is 164 Å². The summed E-state index contributed by atoms with van der Waals surface area (Å²) in [4.78, 5) is 22.7. The summed E-state index contributed by atoms with van der Waals surface area (Å²) >= 11 is 0. The summed E-state index contributed by atoms with van der Waals surface area (Å²) in [6, 6.07) is 8.33. The van der Waals surface area contributed by atoms with Gasteiger partial charge in [-0.15, -0.1) is 0 Å². The predicted molar refractivity (Wildman–Crippen MR) is 109 cm³/mol. The summed E-state index contributed by atoms with van der Waals surface area (Å²) in [5.74, 6) is 3.27. The first-order valence-electron chi connectivity index (χ1n) is 9.93. The first kappa shape index (κ1) is 17.2. The van der Waals surface area contributed by atoms with Gasteiger partial charge in [-0.3, -0.25) is 0 Å². The number of aromatic nitrogens is 4. The number of fused-ring (bicyclic) bond motifs is 1. The van der Waals surface area contributed by atoms with Crippen molar-refractivity contribution in [3.63, 3.8) is 0 Å². The molecule has 7 heteroatoms. The molecule has 0 unspecified atom stereocenters. The van der Waals surface area contributed by atoms with Crippen molar-refractivity contribution in [2.24, 2.45) is 0 Å². The Morgan fingerprint density at radius 3 is 2.54 bits per heavy atom. The first-order chi connectivity index (χ1) is 13.8. The molecule has 1 aliphatic carbocycles. The molecule has 0 bridgehead atoms.